The van der Waals surface area contributed by atoms with E-state index in [4.69, 9.17) is 23.2 Å². The molecule has 0 heterocycles. The molecule has 0 fully saturated rings. The number of hydrogen-bond donors (Lipinski definition) is 2. The smallest absolute Gasteiger partial charge is 0.317 e. The summed E-state index contributed by atoms with van der Waals surface area (Å²) >= 11 is 12.9. The van der Waals surface area contributed by atoms with E-state index >= 15 is 0 Å². The molecule has 1 unspecified atom stereocenters. The lowest BCUT2D eigenvalue weighted by Crippen LogP contribution is -2.29. The summed E-state index contributed by atoms with van der Waals surface area (Å²) in [6.45, 7) is -0.0397. The number of nitrogens with one attached hydrogen (secondary N) is 1. The first kappa shape index (κ1) is 20.1. The van der Waals surface area contributed by atoms with Crippen molar-refractivity contribution in [2.24, 2.45) is 0 Å². The van der Waals surface area contributed by atoms with E-state index in [9.17, 15) is 18.3 Å². The SMILES string of the molecule is O=C(O)C(CCNS(=O)(=O)c1cc(Cl)ccc1Cl)Sc1ccccc1. The highest BCUT2D eigenvalue weighted by Gasteiger charge is 2.22. The summed E-state index contributed by atoms with van der Waals surface area (Å²) < 4.78 is 27.0. The van der Waals surface area contributed by atoms with Gasteiger partial charge >= 0.3 is 5.97 Å². The van der Waals surface area contributed by atoms with Gasteiger partial charge in [0.2, 0.25) is 10.0 Å². The lowest BCUT2D eigenvalue weighted by atomic mass is 10.3. The van der Waals surface area contributed by atoms with Crippen LogP contribution in [0, 0.1) is 0 Å². The first-order valence-corrected chi connectivity index (χ1v) is 10.3. The van der Waals surface area contributed by atoms with E-state index in [-0.39, 0.29) is 27.9 Å². The molecule has 0 saturated carbocycles. The molecule has 0 aliphatic heterocycles. The first-order valence-electron chi connectivity index (χ1n) is 7.19. The molecule has 25 heavy (non-hydrogen) atoms. The zero-order valence-corrected chi connectivity index (χ0v) is 16.0. The van der Waals surface area contributed by atoms with Crippen molar-refractivity contribution in [1.82, 2.24) is 4.72 Å². The number of carbonyl (C=O) groups is 1. The third-order valence-corrected chi connectivity index (χ3v) is 6.62. The molecule has 0 saturated heterocycles. The van der Waals surface area contributed by atoms with Crippen molar-refractivity contribution in [3.05, 3.63) is 58.6 Å². The van der Waals surface area contributed by atoms with Crippen LogP contribution in [0.5, 0.6) is 0 Å². The van der Waals surface area contributed by atoms with Crippen LogP contribution in [0.15, 0.2) is 58.3 Å². The molecule has 0 spiro atoms. The van der Waals surface area contributed by atoms with Gasteiger partial charge in [-0.05, 0) is 36.8 Å². The predicted molar refractivity (Wildman–Crippen MR) is 100.0 cm³/mol. The summed E-state index contributed by atoms with van der Waals surface area (Å²) in [5, 5.41) is 8.84. The number of rotatable bonds is 8. The molecule has 0 aliphatic rings. The van der Waals surface area contributed by atoms with Gasteiger partial charge in [-0.1, -0.05) is 41.4 Å². The molecule has 5 nitrogen and oxygen atoms in total. The number of halogens is 2. The maximum atomic E-state index is 12.3. The highest BCUT2D eigenvalue weighted by atomic mass is 35.5. The molecule has 0 aliphatic carbocycles. The Kier molecular flexibility index (Phi) is 7.15. The van der Waals surface area contributed by atoms with Crippen LogP contribution in [-0.2, 0) is 14.8 Å². The van der Waals surface area contributed by atoms with Crippen molar-refractivity contribution >= 4 is 51.0 Å². The molecule has 2 aromatic rings. The fourth-order valence-electron chi connectivity index (χ4n) is 1.98. The molecular weight excluding hydrogens is 405 g/mol. The Balaban J connectivity index is 2.01. The fourth-order valence-corrected chi connectivity index (χ4v) is 4.77. The van der Waals surface area contributed by atoms with Crippen molar-refractivity contribution in [2.45, 2.75) is 21.5 Å². The third-order valence-electron chi connectivity index (χ3n) is 3.18. The van der Waals surface area contributed by atoms with Crippen LogP contribution in [0.3, 0.4) is 0 Å². The number of hydrogen-bond acceptors (Lipinski definition) is 4. The molecule has 2 N–H and O–H groups in total. The van der Waals surface area contributed by atoms with Gasteiger partial charge in [-0.3, -0.25) is 4.79 Å². The van der Waals surface area contributed by atoms with Gasteiger partial charge < -0.3 is 5.11 Å². The highest BCUT2D eigenvalue weighted by molar-refractivity contribution is 8.00. The van der Waals surface area contributed by atoms with Crippen molar-refractivity contribution in [1.29, 1.82) is 0 Å². The van der Waals surface area contributed by atoms with Crippen LogP contribution in [-0.4, -0.2) is 31.3 Å². The summed E-state index contributed by atoms with van der Waals surface area (Å²) in [5.74, 6) is -1.01. The molecule has 0 aromatic heterocycles. The minimum Gasteiger partial charge on any atom is -0.480 e. The quantitative estimate of drug-likeness (QED) is 0.633. The summed E-state index contributed by atoms with van der Waals surface area (Å²) in [7, 11) is -3.88. The molecule has 0 bridgehead atoms. The second-order valence-corrected chi connectivity index (χ2v) is 8.87. The van der Waals surface area contributed by atoms with Crippen molar-refractivity contribution in [3.63, 3.8) is 0 Å². The minimum absolute atomic E-state index is 0.0397. The third kappa shape index (κ3) is 5.90. The number of carboxylic acid groups (broad SMARTS) is 1. The van der Waals surface area contributed by atoms with Crippen molar-refractivity contribution in [3.8, 4) is 0 Å². The molecule has 134 valence electrons. The van der Waals surface area contributed by atoms with Crippen LogP contribution < -0.4 is 4.72 Å². The Hall–Kier alpha value is -1.25. The highest BCUT2D eigenvalue weighted by Crippen LogP contribution is 2.27. The Bertz CT molecular complexity index is 844. The van der Waals surface area contributed by atoms with E-state index in [2.05, 4.69) is 4.72 Å². The molecule has 2 aromatic carbocycles. The maximum Gasteiger partial charge on any atom is 0.317 e. The van der Waals surface area contributed by atoms with E-state index in [0.29, 0.717) is 0 Å². The lowest BCUT2D eigenvalue weighted by molar-refractivity contribution is -0.136. The molecule has 0 radical (unpaired) electrons. The maximum absolute atomic E-state index is 12.3. The average molecular weight is 420 g/mol. The number of carboxylic acids is 1. The predicted octanol–water partition coefficient (Wildman–Crippen LogP) is 3.91. The molecular formula is C16H15Cl2NO4S2. The largest absolute Gasteiger partial charge is 0.480 e. The summed E-state index contributed by atoms with van der Waals surface area (Å²) in [6, 6.07) is 13.2. The second-order valence-electron chi connectivity index (χ2n) is 5.02. The van der Waals surface area contributed by atoms with Gasteiger partial charge in [0.15, 0.2) is 0 Å². The van der Waals surface area contributed by atoms with Crippen LogP contribution in [0.4, 0.5) is 0 Å². The van der Waals surface area contributed by atoms with E-state index in [0.717, 1.165) is 4.90 Å². The van der Waals surface area contributed by atoms with Gasteiger partial charge in [0.05, 0.1) is 5.02 Å². The van der Waals surface area contributed by atoms with E-state index in [1.54, 1.807) is 12.1 Å². The fraction of sp³-hybridized carbons (Fsp3) is 0.188. The monoisotopic (exact) mass is 419 g/mol. The van der Waals surface area contributed by atoms with E-state index in [1.807, 2.05) is 18.2 Å². The Labute approximate surface area is 160 Å². The van der Waals surface area contributed by atoms with Gasteiger partial charge in [-0.15, -0.1) is 11.8 Å². The van der Waals surface area contributed by atoms with Crippen molar-refractivity contribution < 1.29 is 18.3 Å². The summed E-state index contributed by atoms with van der Waals surface area (Å²) in [6.07, 6.45) is 0.117. The summed E-state index contributed by atoms with van der Waals surface area (Å²) in [4.78, 5) is 12.1. The number of aliphatic carboxylic acids is 1. The normalized spacial score (nSPS) is 12.7. The topological polar surface area (TPSA) is 83.5 Å². The van der Waals surface area contributed by atoms with Crippen LogP contribution >= 0.6 is 35.0 Å². The number of sulfonamides is 1. The Morgan fingerprint density at radius 1 is 1.16 bits per heavy atom. The molecule has 0 amide bonds. The summed E-state index contributed by atoms with van der Waals surface area (Å²) in [5.41, 5.74) is 0. The zero-order chi connectivity index (χ0) is 18.4. The van der Waals surface area contributed by atoms with E-state index < -0.39 is 21.2 Å². The second kappa shape index (κ2) is 8.91. The average Bonchev–Trinajstić information content (AvgIpc) is 2.56. The van der Waals surface area contributed by atoms with Gasteiger partial charge in [-0.25, -0.2) is 13.1 Å². The lowest BCUT2D eigenvalue weighted by Gasteiger charge is -2.13. The Morgan fingerprint density at radius 2 is 1.84 bits per heavy atom. The van der Waals surface area contributed by atoms with Crippen LogP contribution in [0.25, 0.3) is 0 Å². The van der Waals surface area contributed by atoms with Gasteiger partial charge in [-0.2, -0.15) is 0 Å². The standard InChI is InChI=1S/C16H15Cl2NO4S2/c17-11-6-7-13(18)15(10-11)25(22,23)19-9-8-14(16(20)21)24-12-4-2-1-3-5-12/h1-7,10,14,19H,8-9H2,(H,20,21). The molecule has 2 rings (SSSR count). The van der Waals surface area contributed by atoms with Gasteiger partial charge in [0, 0.05) is 16.5 Å². The molecule has 9 heteroatoms. The number of benzene rings is 2. The van der Waals surface area contributed by atoms with Gasteiger partial charge in [0.1, 0.15) is 10.1 Å². The van der Waals surface area contributed by atoms with Crippen LogP contribution in [0.2, 0.25) is 10.0 Å². The zero-order valence-electron chi connectivity index (χ0n) is 12.9. The van der Waals surface area contributed by atoms with Gasteiger partial charge in [0.25, 0.3) is 0 Å². The number of thioether (sulfide) groups is 1. The van der Waals surface area contributed by atoms with Crippen LogP contribution in [0.1, 0.15) is 6.42 Å². The molecule has 1 atom stereocenters. The Morgan fingerprint density at radius 3 is 2.48 bits per heavy atom. The first-order chi connectivity index (χ1) is 11.8. The minimum atomic E-state index is -3.88. The van der Waals surface area contributed by atoms with Crippen molar-refractivity contribution in [2.75, 3.05) is 6.54 Å². The van der Waals surface area contributed by atoms with E-state index in [1.165, 1.54) is 30.0 Å².